The smallest absolute Gasteiger partial charge is 0.269 e. The molecule has 4 rings (SSSR count). The Morgan fingerprint density at radius 3 is 2.47 bits per heavy atom. The van der Waals surface area contributed by atoms with E-state index in [1.807, 2.05) is 6.07 Å². The van der Waals surface area contributed by atoms with E-state index < -0.39 is 11.5 Å². The Bertz CT molecular complexity index is 1490. The van der Waals surface area contributed by atoms with Crippen molar-refractivity contribution in [3.63, 3.8) is 0 Å². The molecule has 34 heavy (non-hydrogen) atoms. The van der Waals surface area contributed by atoms with Gasteiger partial charge in [-0.05, 0) is 66.7 Å². The van der Waals surface area contributed by atoms with Gasteiger partial charge in [-0.15, -0.1) is 0 Å². The molecule has 0 unspecified atom stereocenters. The second-order valence-corrected chi connectivity index (χ2v) is 7.41. The highest BCUT2D eigenvalue weighted by Crippen LogP contribution is 2.25. The molecule has 9 heteroatoms. The Balaban J connectivity index is 1.76. The number of halogens is 1. The molecule has 0 fully saturated rings. The van der Waals surface area contributed by atoms with Gasteiger partial charge in [0, 0.05) is 16.9 Å². The number of amides is 1. The van der Waals surface area contributed by atoms with Gasteiger partial charge in [-0.3, -0.25) is 14.0 Å². The lowest BCUT2D eigenvalue weighted by molar-refractivity contribution is -0.112. The second kappa shape index (κ2) is 9.90. The predicted octanol–water partition coefficient (Wildman–Crippen LogP) is 4.69. The monoisotopic (exact) mass is 472 g/mol. The van der Waals surface area contributed by atoms with Gasteiger partial charge in [0.1, 0.15) is 34.4 Å². The van der Waals surface area contributed by atoms with E-state index in [9.17, 15) is 14.9 Å². The highest BCUT2D eigenvalue weighted by molar-refractivity contribution is 6.30. The van der Waals surface area contributed by atoms with Gasteiger partial charge in [-0.25, -0.2) is 0 Å². The maximum atomic E-state index is 13.2. The third kappa shape index (κ3) is 4.90. The SMILES string of the molecule is COc1ccc(NC(=O)C(C#N)=Cc2c(Oc3ccc(Cl)cc3)nc3ccccn3c2=O)cc1. The van der Waals surface area contributed by atoms with Gasteiger partial charge >= 0.3 is 0 Å². The van der Waals surface area contributed by atoms with Crippen LogP contribution < -0.4 is 20.3 Å². The summed E-state index contributed by atoms with van der Waals surface area (Å²) in [5.41, 5.74) is -0.0565. The molecule has 8 nitrogen and oxygen atoms in total. The van der Waals surface area contributed by atoms with Crippen molar-refractivity contribution in [1.29, 1.82) is 5.26 Å². The molecule has 0 radical (unpaired) electrons. The summed E-state index contributed by atoms with van der Waals surface area (Å²) in [6, 6.07) is 20.0. The molecule has 0 aliphatic rings. The van der Waals surface area contributed by atoms with Crippen molar-refractivity contribution in [2.75, 3.05) is 12.4 Å². The Labute approximate surface area is 199 Å². The molecule has 0 aliphatic carbocycles. The number of anilines is 1. The Morgan fingerprint density at radius 2 is 1.79 bits per heavy atom. The molecule has 0 aliphatic heterocycles. The number of methoxy groups -OCH3 is 1. The molecular weight excluding hydrogens is 456 g/mol. The highest BCUT2D eigenvalue weighted by Gasteiger charge is 2.17. The van der Waals surface area contributed by atoms with Crippen LogP contribution in [0.1, 0.15) is 5.56 Å². The first-order chi connectivity index (χ1) is 16.5. The van der Waals surface area contributed by atoms with Gasteiger partial charge in [0.15, 0.2) is 0 Å². The van der Waals surface area contributed by atoms with E-state index in [0.717, 1.165) is 0 Å². The van der Waals surface area contributed by atoms with Crippen molar-refractivity contribution in [3.05, 3.63) is 99.4 Å². The fourth-order valence-corrected chi connectivity index (χ4v) is 3.19. The van der Waals surface area contributed by atoms with Crippen LogP contribution in [-0.4, -0.2) is 22.4 Å². The van der Waals surface area contributed by atoms with Crippen molar-refractivity contribution in [2.24, 2.45) is 0 Å². The van der Waals surface area contributed by atoms with E-state index >= 15 is 0 Å². The predicted molar refractivity (Wildman–Crippen MR) is 128 cm³/mol. The number of fused-ring (bicyclic) bond motifs is 1. The van der Waals surface area contributed by atoms with Crippen LogP contribution in [0.5, 0.6) is 17.4 Å². The topological polar surface area (TPSA) is 106 Å². The number of rotatable bonds is 6. The zero-order chi connectivity index (χ0) is 24.1. The molecule has 168 valence electrons. The standard InChI is InChI=1S/C25H17ClN4O4/c1-33-19-11-7-18(8-12-19)28-23(31)16(15-27)14-21-24(34-20-9-5-17(26)6-10-20)29-22-4-2-3-13-30(22)25(21)32/h2-14H,1H3,(H,28,31). The van der Waals surface area contributed by atoms with Gasteiger partial charge in [-0.2, -0.15) is 10.2 Å². The minimum absolute atomic E-state index is 0.0523. The number of ether oxygens (including phenoxy) is 2. The van der Waals surface area contributed by atoms with Crippen LogP contribution in [-0.2, 0) is 4.79 Å². The van der Waals surface area contributed by atoms with Crippen LogP contribution in [0.4, 0.5) is 5.69 Å². The first kappa shape index (κ1) is 22.6. The molecule has 4 aromatic rings. The summed E-state index contributed by atoms with van der Waals surface area (Å²) in [4.78, 5) is 30.4. The van der Waals surface area contributed by atoms with E-state index in [0.29, 0.717) is 27.9 Å². The van der Waals surface area contributed by atoms with E-state index in [4.69, 9.17) is 21.1 Å². The molecule has 2 aromatic heterocycles. The minimum atomic E-state index is -0.692. The molecular formula is C25H17ClN4O4. The molecule has 0 saturated heterocycles. The quantitative estimate of drug-likeness (QED) is 0.322. The van der Waals surface area contributed by atoms with E-state index in [-0.39, 0.29) is 17.0 Å². The van der Waals surface area contributed by atoms with Crippen LogP contribution in [0.25, 0.3) is 11.7 Å². The molecule has 1 N–H and O–H groups in total. The van der Waals surface area contributed by atoms with Gasteiger partial charge in [0.2, 0.25) is 5.88 Å². The number of hydrogen-bond donors (Lipinski definition) is 1. The zero-order valence-electron chi connectivity index (χ0n) is 17.9. The Morgan fingerprint density at radius 1 is 1.09 bits per heavy atom. The van der Waals surface area contributed by atoms with Crippen molar-refractivity contribution < 1.29 is 14.3 Å². The van der Waals surface area contributed by atoms with Gasteiger partial charge < -0.3 is 14.8 Å². The van der Waals surface area contributed by atoms with Crippen molar-refractivity contribution in [1.82, 2.24) is 9.38 Å². The van der Waals surface area contributed by atoms with Crippen LogP contribution in [0.2, 0.25) is 5.02 Å². The van der Waals surface area contributed by atoms with E-state index in [1.165, 1.54) is 23.8 Å². The number of hydrogen-bond acceptors (Lipinski definition) is 6. The lowest BCUT2D eigenvalue weighted by Crippen LogP contribution is -2.20. The second-order valence-electron chi connectivity index (χ2n) is 6.97. The number of nitrogens with one attached hydrogen (secondary N) is 1. The van der Waals surface area contributed by atoms with Gasteiger partial charge in [0.25, 0.3) is 11.5 Å². The summed E-state index contributed by atoms with van der Waals surface area (Å²) in [5, 5.41) is 12.8. The molecule has 0 bridgehead atoms. The van der Waals surface area contributed by atoms with Crippen molar-refractivity contribution >= 4 is 34.9 Å². The molecule has 0 atom stereocenters. The summed E-state index contributed by atoms with van der Waals surface area (Å²) < 4.78 is 12.2. The molecule has 0 saturated carbocycles. The third-order valence-electron chi connectivity index (χ3n) is 4.76. The first-order valence-corrected chi connectivity index (χ1v) is 10.4. The molecule has 0 spiro atoms. The van der Waals surface area contributed by atoms with E-state index in [2.05, 4.69) is 10.3 Å². The largest absolute Gasteiger partial charge is 0.497 e. The Hall–Kier alpha value is -4.61. The summed E-state index contributed by atoms with van der Waals surface area (Å²) in [7, 11) is 1.53. The maximum absolute atomic E-state index is 13.2. The lowest BCUT2D eigenvalue weighted by atomic mass is 10.1. The summed E-state index contributed by atoms with van der Waals surface area (Å²) in [6.45, 7) is 0. The van der Waals surface area contributed by atoms with Crippen molar-refractivity contribution in [2.45, 2.75) is 0 Å². The zero-order valence-corrected chi connectivity index (χ0v) is 18.6. The number of nitrogens with zero attached hydrogens (tertiary/aromatic N) is 3. The summed E-state index contributed by atoms with van der Waals surface area (Å²) in [5.74, 6) is 0.256. The van der Waals surface area contributed by atoms with Gasteiger partial charge in [0.05, 0.1) is 7.11 Å². The number of benzene rings is 2. The minimum Gasteiger partial charge on any atom is -0.497 e. The third-order valence-corrected chi connectivity index (χ3v) is 5.02. The van der Waals surface area contributed by atoms with Crippen LogP contribution in [0, 0.1) is 11.3 Å². The first-order valence-electron chi connectivity index (χ1n) is 10.0. The number of carbonyl (C=O) groups is 1. The Kier molecular flexibility index (Phi) is 6.57. The van der Waals surface area contributed by atoms with Crippen molar-refractivity contribution in [3.8, 4) is 23.4 Å². The fraction of sp³-hybridized carbons (Fsp3) is 0.0400. The average molecular weight is 473 g/mol. The van der Waals surface area contributed by atoms with E-state index in [1.54, 1.807) is 66.7 Å². The average Bonchev–Trinajstić information content (AvgIpc) is 2.86. The fourth-order valence-electron chi connectivity index (χ4n) is 3.06. The van der Waals surface area contributed by atoms with Crippen LogP contribution >= 0.6 is 11.6 Å². The summed E-state index contributed by atoms with van der Waals surface area (Å²) in [6.07, 6.45) is 2.70. The van der Waals surface area contributed by atoms with Gasteiger partial charge in [-0.1, -0.05) is 17.7 Å². The number of pyridine rings is 1. The molecule has 2 aromatic carbocycles. The number of aromatic nitrogens is 2. The molecule has 1 amide bonds. The van der Waals surface area contributed by atoms with Crippen LogP contribution in [0.15, 0.2) is 83.3 Å². The maximum Gasteiger partial charge on any atom is 0.269 e. The summed E-state index contributed by atoms with van der Waals surface area (Å²) >= 11 is 5.93. The van der Waals surface area contributed by atoms with Crippen LogP contribution in [0.3, 0.4) is 0 Å². The lowest BCUT2D eigenvalue weighted by Gasteiger charge is -2.10. The highest BCUT2D eigenvalue weighted by atomic mass is 35.5. The number of nitriles is 1. The number of carbonyl (C=O) groups excluding carboxylic acids is 1. The normalized spacial score (nSPS) is 11.0. The molecule has 2 heterocycles.